The Kier molecular flexibility index (Phi) is 8.33. The fourth-order valence-electron chi connectivity index (χ4n) is 3.29. The Morgan fingerprint density at radius 1 is 0.972 bits per heavy atom. The zero-order chi connectivity index (χ0) is 26.5. The molecular weight excluding hydrogens is 499 g/mol. The molecule has 0 aliphatic rings. The Hall–Kier alpha value is -3.90. The van der Waals surface area contributed by atoms with E-state index in [1.807, 2.05) is 0 Å². The molecule has 0 bridgehead atoms. The third-order valence-electron chi connectivity index (χ3n) is 5.07. The molecule has 1 atom stereocenters. The lowest BCUT2D eigenvalue weighted by molar-refractivity contribution is -0.137. The standard InChI is InChI=1S/C24H22F3N3O5S/c1-15(31)28-12-13-30(36(34)35)21-14-20(10-11-22(21)32)29-23(33)18-4-2-16(3-5-18)17-6-8-19(9-7-17)24(25,26)27/h2-11,14,32H,12-13H2,1H3,(H,28,31)(H,29,33)(H,34,35). The van der Waals surface area contributed by atoms with Gasteiger partial charge in [0.05, 0.1) is 17.8 Å². The predicted molar refractivity (Wildman–Crippen MR) is 130 cm³/mol. The van der Waals surface area contributed by atoms with Crippen LogP contribution in [0.15, 0.2) is 66.7 Å². The first-order valence-electron chi connectivity index (χ1n) is 10.5. The molecule has 8 nitrogen and oxygen atoms in total. The topological polar surface area (TPSA) is 119 Å². The van der Waals surface area contributed by atoms with E-state index in [2.05, 4.69) is 10.6 Å². The molecule has 3 aromatic carbocycles. The maximum atomic E-state index is 12.8. The number of rotatable bonds is 8. The van der Waals surface area contributed by atoms with Crippen molar-refractivity contribution in [3.05, 3.63) is 77.9 Å². The van der Waals surface area contributed by atoms with E-state index in [9.17, 15) is 36.6 Å². The van der Waals surface area contributed by atoms with Crippen molar-refractivity contribution < 1.29 is 36.6 Å². The van der Waals surface area contributed by atoms with Gasteiger partial charge in [-0.1, -0.05) is 24.3 Å². The highest BCUT2D eigenvalue weighted by Gasteiger charge is 2.30. The van der Waals surface area contributed by atoms with E-state index in [-0.39, 0.29) is 41.7 Å². The third-order valence-corrected chi connectivity index (χ3v) is 5.83. The van der Waals surface area contributed by atoms with Crippen LogP contribution in [0.25, 0.3) is 11.1 Å². The largest absolute Gasteiger partial charge is 0.506 e. The van der Waals surface area contributed by atoms with E-state index in [4.69, 9.17) is 0 Å². The normalized spacial score (nSPS) is 12.0. The number of hydrogen-bond acceptors (Lipinski definition) is 4. The van der Waals surface area contributed by atoms with Gasteiger partial charge >= 0.3 is 6.18 Å². The molecule has 36 heavy (non-hydrogen) atoms. The highest BCUT2D eigenvalue weighted by molar-refractivity contribution is 7.80. The number of phenols is 1. The minimum Gasteiger partial charge on any atom is -0.506 e. The second-order valence-electron chi connectivity index (χ2n) is 7.63. The van der Waals surface area contributed by atoms with Gasteiger partial charge in [-0.05, 0) is 53.6 Å². The number of carbonyl (C=O) groups excluding carboxylic acids is 2. The Morgan fingerprint density at radius 2 is 1.56 bits per heavy atom. The summed E-state index contributed by atoms with van der Waals surface area (Å²) in [6.45, 7) is 1.26. The second-order valence-corrected chi connectivity index (χ2v) is 8.53. The lowest BCUT2D eigenvalue weighted by Gasteiger charge is -2.21. The number of aromatic hydroxyl groups is 1. The molecule has 0 heterocycles. The van der Waals surface area contributed by atoms with Crippen LogP contribution in [0.5, 0.6) is 5.75 Å². The van der Waals surface area contributed by atoms with E-state index in [1.165, 1.54) is 49.4 Å². The zero-order valence-electron chi connectivity index (χ0n) is 18.9. The van der Waals surface area contributed by atoms with Crippen molar-refractivity contribution in [1.29, 1.82) is 0 Å². The molecule has 1 unspecified atom stereocenters. The maximum absolute atomic E-state index is 12.8. The number of hydrogen-bond donors (Lipinski definition) is 4. The first kappa shape index (κ1) is 26.7. The molecule has 3 aromatic rings. The number of phenolic OH excluding ortho intramolecular Hbond substituents is 1. The minimum absolute atomic E-state index is 0.0309. The fraction of sp³-hybridized carbons (Fsp3) is 0.167. The van der Waals surface area contributed by atoms with Crippen LogP contribution >= 0.6 is 0 Å². The number of anilines is 2. The van der Waals surface area contributed by atoms with Crippen LogP contribution in [0.3, 0.4) is 0 Å². The van der Waals surface area contributed by atoms with Crippen molar-refractivity contribution in [3.63, 3.8) is 0 Å². The molecule has 0 aromatic heterocycles. The average molecular weight is 522 g/mol. The fourth-order valence-corrected chi connectivity index (χ4v) is 3.85. The monoisotopic (exact) mass is 521 g/mol. The van der Waals surface area contributed by atoms with Crippen LogP contribution in [0.1, 0.15) is 22.8 Å². The van der Waals surface area contributed by atoms with Crippen molar-refractivity contribution >= 4 is 34.5 Å². The van der Waals surface area contributed by atoms with Crippen LogP contribution in [0.2, 0.25) is 0 Å². The van der Waals surface area contributed by atoms with Gasteiger partial charge in [0.1, 0.15) is 5.75 Å². The third kappa shape index (κ3) is 6.83. The van der Waals surface area contributed by atoms with Gasteiger partial charge < -0.3 is 15.7 Å². The average Bonchev–Trinajstić information content (AvgIpc) is 2.82. The summed E-state index contributed by atoms with van der Waals surface area (Å²) in [5.41, 5.74) is 0.871. The Bertz CT molecular complexity index is 1270. The van der Waals surface area contributed by atoms with Gasteiger partial charge in [0.25, 0.3) is 17.2 Å². The van der Waals surface area contributed by atoms with E-state index in [0.29, 0.717) is 11.1 Å². The SMILES string of the molecule is CC(=O)NCCN(c1cc(NC(=O)c2ccc(-c3ccc(C(F)(F)F)cc3)cc2)ccc1O)S(=O)O. The van der Waals surface area contributed by atoms with Crippen LogP contribution < -0.4 is 14.9 Å². The van der Waals surface area contributed by atoms with Gasteiger partial charge in [-0.2, -0.15) is 13.2 Å². The van der Waals surface area contributed by atoms with Crippen LogP contribution in [0, 0.1) is 0 Å². The van der Waals surface area contributed by atoms with Gasteiger partial charge in [0, 0.05) is 24.7 Å². The first-order valence-corrected chi connectivity index (χ1v) is 11.6. The van der Waals surface area contributed by atoms with Crippen LogP contribution in [-0.2, 0) is 22.2 Å². The van der Waals surface area contributed by atoms with Crippen LogP contribution in [-0.4, -0.2) is 38.8 Å². The Labute approximate surface area is 207 Å². The number of nitrogens with zero attached hydrogens (tertiary/aromatic N) is 1. The van der Waals surface area contributed by atoms with E-state index < -0.39 is 28.9 Å². The molecule has 3 rings (SSSR count). The second kappa shape index (κ2) is 11.2. The number of amides is 2. The van der Waals surface area contributed by atoms with Crippen molar-refractivity contribution in [1.82, 2.24) is 5.32 Å². The van der Waals surface area contributed by atoms with Gasteiger partial charge in [-0.25, -0.2) is 4.21 Å². The van der Waals surface area contributed by atoms with E-state index in [0.717, 1.165) is 16.4 Å². The molecule has 12 heteroatoms. The molecule has 2 amide bonds. The van der Waals surface area contributed by atoms with Crippen LogP contribution in [0.4, 0.5) is 24.5 Å². The van der Waals surface area contributed by atoms with Gasteiger partial charge in [0.2, 0.25) is 5.91 Å². The lowest BCUT2D eigenvalue weighted by Crippen LogP contribution is -2.35. The number of alkyl halides is 3. The lowest BCUT2D eigenvalue weighted by atomic mass is 10.0. The number of benzene rings is 3. The maximum Gasteiger partial charge on any atom is 0.416 e. The molecule has 0 spiro atoms. The van der Waals surface area contributed by atoms with Crippen molar-refractivity contribution in [3.8, 4) is 16.9 Å². The summed E-state index contributed by atoms with van der Waals surface area (Å²) in [6.07, 6.45) is -4.43. The molecule has 190 valence electrons. The van der Waals surface area contributed by atoms with E-state index >= 15 is 0 Å². The van der Waals surface area contributed by atoms with Gasteiger partial charge in [-0.3, -0.25) is 18.4 Å². The highest BCUT2D eigenvalue weighted by Crippen LogP contribution is 2.32. The van der Waals surface area contributed by atoms with Gasteiger partial charge in [-0.15, -0.1) is 0 Å². The molecule has 0 saturated heterocycles. The van der Waals surface area contributed by atoms with Crippen molar-refractivity contribution in [2.45, 2.75) is 13.1 Å². The molecule has 0 fully saturated rings. The summed E-state index contributed by atoms with van der Waals surface area (Å²) in [5, 5.41) is 15.3. The molecular formula is C24H22F3N3O5S. The Morgan fingerprint density at radius 3 is 2.08 bits per heavy atom. The Balaban J connectivity index is 1.74. The number of carbonyl (C=O) groups is 2. The molecule has 0 aliphatic carbocycles. The smallest absolute Gasteiger partial charge is 0.416 e. The summed E-state index contributed by atoms with van der Waals surface area (Å²) >= 11 is -2.52. The summed E-state index contributed by atoms with van der Waals surface area (Å²) in [5.74, 6) is -1.15. The van der Waals surface area contributed by atoms with Crippen molar-refractivity contribution in [2.75, 3.05) is 22.7 Å². The number of halogens is 3. The zero-order valence-corrected chi connectivity index (χ0v) is 19.7. The summed E-state index contributed by atoms with van der Waals surface area (Å²) < 4.78 is 60.6. The summed E-state index contributed by atoms with van der Waals surface area (Å²) in [6, 6.07) is 14.8. The molecule has 0 saturated carbocycles. The number of nitrogens with one attached hydrogen (secondary N) is 2. The first-order chi connectivity index (χ1) is 17.0. The molecule has 4 N–H and O–H groups in total. The van der Waals surface area contributed by atoms with Gasteiger partial charge in [0.15, 0.2) is 0 Å². The summed E-state index contributed by atoms with van der Waals surface area (Å²) in [7, 11) is 0. The predicted octanol–water partition coefficient (Wildman–Crippen LogP) is 4.41. The quantitative estimate of drug-likeness (QED) is 0.259. The minimum atomic E-state index is -4.43. The molecule has 0 aliphatic heterocycles. The summed E-state index contributed by atoms with van der Waals surface area (Å²) in [4.78, 5) is 23.7. The molecule has 0 radical (unpaired) electrons. The highest BCUT2D eigenvalue weighted by atomic mass is 32.2. The van der Waals surface area contributed by atoms with Crippen molar-refractivity contribution in [2.24, 2.45) is 0 Å². The van der Waals surface area contributed by atoms with E-state index in [1.54, 1.807) is 12.1 Å².